The van der Waals surface area contributed by atoms with E-state index >= 15 is 0 Å². The maximum atomic E-state index is 13.3. The summed E-state index contributed by atoms with van der Waals surface area (Å²) in [6.07, 6.45) is 0.529. The van der Waals surface area contributed by atoms with Crippen LogP contribution >= 0.6 is 11.6 Å². The third kappa shape index (κ3) is 4.23. The van der Waals surface area contributed by atoms with E-state index in [0.717, 1.165) is 6.42 Å². The lowest BCUT2D eigenvalue weighted by atomic mass is 10.1. The van der Waals surface area contributed by atoms with Crippen LogP contribution in [0.2, 0.25) is 5.02 Å². The van der Waals surface area contributed by atoms with Gasteiger partial charge in [0.05, 0.1) is 11.3 Å². The van der Waals surface area contributed by atoms with Crippen molar-refractivity contribution in [1.29, 1.82) is 0 Å². The van der Waals surface area contributed by atoms with Gasteiger partial charge < -0.3 is 24.2 Å². The quantitative estimate of drug-likeness (QED) is 0.690. The van der Waals surface area contributed by atoms with Crippen LogP contribution in [0.15, 0.2) is 42.5 Å². The van der Waals surface area contributed by atoms with Gasteiger partial charge in [0.1, 0.15) is 6.61 Å². The SMILES string of the molecule is O=C(c1ccc(Cl)cc1N1CCCC1=O)N1CCN(C(=O)[C@H]2COc3ccccc3O2)CC1. The van der Waals surface area contributed by atoms with E-state index in [1.54, 1.807) is 45.0 Å². The van der Waals surface area contributed by atoms with Crippen molar-refractivity contribution in [3.8, 4) is 11.5 Å². The lowest BCUT2D eigenvalue weighted by Gasteiger charge is -2.37. The third-order valence-corrected chi connectivity index (χ3v) is 6.45. The van der Waals surface area contributed by atoms with Gasteiger partial charge in [-0.05, 0) is 36.8 Å². The molecule has 0 unspecified atom stereocenters. The molecule has 0 spiro atoms. The third-order valence-electron chi connectivity index (χ3n) is 6.22. The van der Waals surface area contributed by atoms with Crippen molar-refractivity contribution >= 4 is 35.0 Å². The summed E-state index contributed by atoms with van der Waals surface area (Å²) in [4.78, 5) is 43.6. The second-order valence-electron chi connectivity index (χ2n) is 8.29. The minimum absolute atomic E-state index is 0.00185. The van der Waals surface area contributed by atoms with Gasteiger partial charge in [0.15, 0.2) is 11.5 Å². The fourth-order valence-corrected chi connectivity index (χ4v) is 4.62. The molecule has 2 aromatic rings. The Morgan fingerprint density at radius 2 is 1.67 bits per heavy atom. The van der Waals surface area contributed by atoms with E-state index in [-0.39, 0.29) is 24.3 Å². The lowest BCUT2D eigenvalue weighted by molar-refractivity contribution is -0.142. The molecule has 3 aliphatic rings. The average molecular weight is 470 g/mol. The maximum absolute atomic E-state index is 13.3. The van der Waals surface area contributed by atoms with E-state index in [2.05, 4.69) is 0 Å². The smallest absolute Gasteiger partial charge is 0.267 e. The number of anilines is 1. The van der Waals surface area contributed by atoms with Gasteiger partial charge in [0.25, 0.3) is 11.8 Å². The molecule has 1 atom stereocenters. The highest BCUT2D eigenvalue weighted by atomic mass is 35.5. The summed E-state index contributed by atoms with van der Waals surface area (Å²) in [5, 5.41) is 0.480. The molecule has 2 fully saturated rings. The fraction of sp³-hybridized carbons (Fsp3) is 0.375. The predicted octanol–water partition coefficient (Wildman–Crippen LogP) is 2.59. The summed E-state index contributed by atoms with van der Waals surface area (Å²) in [7, 11) is 0. The lowest BCUT2D eigenvalue weighted by Crippen LogP contribution is -2.55. The van der Waals surface area contributed by atoms with E-state index < -0.39 is 6.10 Å². The molecule has 0 bridgehead atoms. The number of halogens is 1. The predicted molar refractivity (Wildman–Crippen MR) is 122 cm³/mol. The van der Waals surface area contributed by atoms with Crippen LogP contribution < -0.4 is 14.4 Å². The van der Waals surface area contributed by atoms with Crippen LogP contribution in [0.4, 0.5) is 5.69 Å². The molecule has 8 nitrogen and oxygen atoms in total. The first-order chi connectivity index (χ1) is 16.0. The van der Waals surface area contributed by atoms with E-state index in [4.69, 9.17) is 21.1 Å². The molecule has 0 N–H and O–H groups in total. The standard InChI is InChI=1S/C24H24ClN3O5/c25-16-7-8-17(18(14-16)28-9-3-6-22(28)29)23(30)26-10-12-27(13-11-26)24(31)21-15-32-19-4-1-2-5-20(19)33-21/h1-2,4-5,7-8,14,21H,3,6,9-13,15H2/t21-/m1/s1. The molecule has 3 heterocycles. The maximum Gasteiger partial charge on any atom is 0.267 e. The Balaban J connectivity index is 1.24. The van der Waals surface area contributed by atoms with E-state index in [1.165, 1.54) is 0 Å². The summed E-state index contributed by atoms with van der Waals surface area (Å²) in [6, 6.07) is 12.3. The molecule has 3 amide bonds. The average Bonchev–Trinajstić information content (AvgIpc) is 3.28. The number of benzene rings is 2. The number of carbonyl (C=O) groups excluding carboxylic acids is 3. The molecule has 0 aromatic heterocycles. The zero-order chi connectivity index (χ0) is 22.9. The Morgan fingerprint density at radius 3 is 2.39 bits per heavy atom. The highest BCUT2D eigenvalue weighted by molar-refractivity contribution is 6.31. The molecule has 0 saturated carbocycles. The largest absolute Gasteiger partial charge is 0.485 e. The van der Waals surface area contributed by atoms with Crippen molar-refractivity contribution < 1.29 is 23.9 Å². The molecular weight excluding hydrogens is 446 g/mol. The molecule has 2 aromatic carbocycles. The Hall–Kier alpha value is -3.26. The van der Waals surface area contributed by atoms with Crippen LogP contribution in [0.3, 0.4) is 0 Å². The van der Waals surface area contributed by atoms with Crippen LogP contribution in [0, 0.1) is 0 Å². The molecule has 33 heavy (non-hydrogen) atoms. The van der Waals surface area contributed by atoms with Crippen LogP contribution in [-0.2, 0) is 9.59 Å². The van der Waals surface area contributed by atoms with Gasteiger partial charge >= 0.3 is 0 Å². The van der Waals surface area contributed by atoms with Crippen molar-refractivity contribution in [3.63, 3.8) is 0 Å². The Labute approximate surface area is 196 Å². The van der Waals surface area contributed by atoms with Crippen LogP contribution in [0.1, 0.15) is 23.2 Å². The summed E-state index contributed by atoms with van der Waals surface area (Å²) in [5.74, 6) is 0.874. The van der Waals surface area contributed by atoms with Crippen molar-refractivity contribution in [2.45, 2.75) is 18.9 Å². The van der Waals surface area contributed by atoms with Gasteiger partial charge in [0.2, 0.25) is 12.0 Å². The summed E-state index contributed by atoms with van der Waals surface area (Å²) >= 11 is 6.16. The number of rotatable bonds is 3. The summed E-state index contributed by atoms with van der Waals surface area (Å²) in [5.41, 5.74) is 1.01. The Morgan fingerprint density at radius 1 is 0.939 bits per heavy atom. The number of piperazine rings is 1. The highest BCUT2D eigenvalue weighted by Crippen LogP contribution is 2.32. The van der Waals surface area contributed by atoms with Gasteiger partial charge in [-0.2, -0.15) is 0 Å². The minimum atomic E-state index is -0.703. The molecule has 172 valence electrons. The van der Waals surface area contributed by atoms with E-state index in [9.17, 15) is 14.4 Å². The first kappa shape index (κ1) is 21.6. The number of carbonyl (C=O) groups is 3. The molecule has 0 radical (unpaired) electrons. The van der Waals surface area contributed by atoms with Crippen molar-refractivity contribution in [1.82, 2.24) is 9.80 Å². The summed E-state index contributed by atoms with van der Waals surface area (Å²) < 4.78 is 11.5. The van der Waals surface area contributed by atoms with Gasteiger partial charge in [-0.25, -0.2) is 0 Å². The number of nitrogens with zero attached hydrogens (tertiary/aromatic N) is 3. The first-order valence-corrected chi connectivity index (χ1v) is 11.5. The highest BCUT2D eigenvalue weighted by Gasteiger charge is 2.34. The van der Waals surface area contributed by atoms with Gasteiger partial charge in [-0.3, -0.25) is 14.4 Å². The molecule has 5 rings (SSSR count). The van der Waals surface area contributed by atoms with Gasteiger partial charge in [-0.1, -0.05) is 23.7 Å². The Kier molecular flexibility index (Phi) is 5.85. The van der Waals surface area contributed by atoms with Crippen molar-refractivity contribution in [2.24, 2.45) is 0 Å². The van der Waals surface area contributed by atoms with Crippen LogP contribution in [0.25, 0.3) is 0 Å². The normalized spacial score (nSPS) is 20.2. The second kappa shape index (κ2) is 8.94. The van der Waals surface area contributed by atoms with Crippen molar-refractivity contribution in [3.05, 3.63) is 53.1 Å². The number of hydrogen-bond acceptors (Lipinski definition) is 5. The monoisotopic (exact) mass is 469 g/mol. The topological polar surface area (TPSA) is 79.4 Å². The van der Waals surface area contributed by atoms with Crippen LogP contribution in [-0.4, -0.2) is 73.0 Å². The van der Waals surface area contributed by atoms with E-state index in [1.807, 2.05) is 12.1 Å². The molecule has 0 aliphatic carbocycles. The number of hydrogen-bond donors (Lipinski definition) is 0. The van der Waals surface area contributed by atoms with E-state index in [0.29, 0.717) is 66.9 Å². The van der Waals surface area contributed by atoms with Gasteiger partial charge in [-0.15, -0.1) is 0 Å². The first-order valence-electron chi connectivity index (χ1n) is 11.1. The van der Waals surface area contributed by atoms with Crippen LogP contribution in [0.5, 0.6) is 11.5 Å². The fourth-order valence-electron chi connectivity index (χ4n) is 4.46. The number of ether oxygens (including phenoxy) is 2. The van der Waals surface area contributed by atoms with Crippen molar-refractivity contribution in [2.75, 3.05) is 44.2 Å². The summed E-state index contributed by atoms with van der Waals surface area (Å²) in [6.45, 7) is 2.33. The minimum Gasteiger partial charge on any atom is -0.485 e. The molecule has 3 aliphatic heterocycles. The molecule has 2 saturated heterocycles. The van der Waals surface area contributed by atoms with Gasteiger partial charge in [0, 0.05) is 44.2 Å². The number of fused-ring (bicyclic) bond motifs is 1. The zero-order valence-electron chi connectivity index (χ0n) is 18.0. The number of amides is 3. The molecular formula is C24H24ClN3O5. The zero-order valence-corrected chi connectivity index (χ0v) is 18.8. The molecule has 9 heteroatoms. The second-order valence-corrected chi connectivity index (χ2v) is 8.73. The Bertz CT molecular complexity index is 1100. The number of para-hydroxylation sites is 2.